The van der Waals surface area contributed by atoms with E-state index in [0.717, 1.165) is 11.6 Å². The zero-order valence-corrected chi connectivity index (χ0v) is 15.3. The van der Waals surface area contributed by atoms with E-state index in [-0.39, 0.29) is 31.4 Å². The van der Waals surface area contributed by atoms with Crippen LogP contribution in [0.2, 0.25) is 0 Å². The Morgan fingerprint density at radius 1 is 1.03 bits per heavy atom. The Hall–Kier alpha value is -3.03. The van der Waals surface area contributed by atoms with Crippen LogP contribution in [0.3, 0.4) is 0 Å². The van der Waals surface area contributed by atoms with Gasteiger partial charge in [0.1, 0.15) is 12.6 Å². The first-order valence-corrected chi connectivity index (χ1v) is 9.10. The van der Waals surface area contributed by atoms with Crippen LogP contribution in [0.1, 0.15) is 30.4 Å². The summed E-state index contributed by atoms with van der Waals surface area (Å²) < 4.78 is 46.0. The molecule has 0 heterocycles. The highest BCUT2D eigenvalue weighted by Gasteiger charge is 2.73. The molecule has 1 unspecified atom stereocenters. The minimum Gasteiger partial charge on any atom is -0.480 e. The maximum absolute atomic E-state index is 14.1. The fourth-order valence-corrected chi connectivity index (χ4v) is 4.75. The number of carbonyl (C=O) groups excluding carboxylic acids is 1. The number of rotatable bonds is 6. The molecule has 2 N–H and O–H groups in total. The molecule has 152 valence electrons. The fraction of sp³-hybridized carbons (Fsp3) is 0.333. The van der Waals surface area contributed by atoms with Crippen molar-refractivity contribution in [3.8, 4) is 0 Å². The quantitative estimate of drug-likeness (QED) is 0.715. The molecule has 1 atom stereocenters. The van der Waals surface area contributed by atoms with Gasteiger partial charge in [-0.1, -0.05) is 36.4 Å². The third kappa shape index (κ3) is 3.12. The zero-order valence-electron chi connectivity index (χ0n) is 15.3. The van der Waals surface area contributed by atoms with Crippen molar-refractivity contribution in [2.45, 2.75) is 37.3 Å². The maximum Gasteiger partial charge on any atom is 0.408 e. The molecule has 3 fully saturated rings. The van der Waals surface area contributed by atoms with Crippen molar-refractivity contribution in [2.75, 3.05) is 0 Å². The molecular weight excluding hydrogens is 387 g/mol. The number of carboxylic acids is 1. The third-order valence-electron chi connectivity index (χ3n) is 6.01. The summed E-state index contributed by atoms with van der Waals surface area (Å²) in [5.41, 5.74) is -0.668. The van der Waals surface area contributed by atoms with Gasteiger partial charge in [0.05, 0.1) is 0 Å². The second kappa shape index (κ2) is 6.79. The number of hydrogen-bond acceptors (Lipinski definition) is 3. The number of benzene rings is 2. The lowest BCUT2D eigenvalue weighted by molar-refractivity contribution is -0.184. The molecule has 5 rings (SSSR count). The van der Waals surface area contributed by atoms with Crippen LogP contribution in [0, 0.1) is 22.9 Å². The van der Waals surface area contributed by atoms with Gasteiger partial charge in [-0.25, -0.2) is 22.8 Å². The molecule has 1 amide bonds. The number of aliphatic carboxylic acids is 1. The van der Waals surface area contributed by atoms with E-state index in [2.05, 4.69) is 5.32 Å². The monoisotopic (exact) mass is 405 g/mol. The Morgan fingerprint density at radius 2 is 1.69 bits per heavy atom. The lowest BCUT2D eigenvalue weighted by Gasteiger charge is -2.72. The summed E-state index contributed by atoms with van der Waals surface area (Å²) in [4.78, 5) is 23.8. The molecule has 2 bridgehead atoms. The molecular formula is C21H18F3NO4. The van der Waals surface area contributed by atoms with Gasteiger partial charge in [0.2, 0.25) is 0 Å². The van der Waals surface area contributed by atoms with Gasteiger partial charge < -0.3 is 15.2 Å². The van der Waals surface area contributed by atoms with Gasteiger partial charge in [-0.2, -0.15) is 0 Å². The van der Waals surface area contributed by atoms with Gasteiger partial charge in [0, 0.05) is 10.8 Å². The highest BCUT2D eigenvalue weighted by Crippen LogP contribution is 2.75. The minimum atomic E-state index is -1.53. The van der Waals surface area contributed by atoms with Crippen LogP contribution < -0.4 is 5.32 Å². The van der Waals surface area contributed by atoms with Crippen molar-refractivity contribution in [3.05, 3.63) is 71.0 Å². The lowest BCUT2D eigenvalue weighted by atomic mass is 9.31. The van der Waals surface area contributed by atoms with Gasteiger partial charge in [0.25, 0.3) is 0 Å². The zero-order chi connectivity index (χ0) is 20.8. The predicted molar refractivity (Wildman–Crippen MR) is 95.5 cm³/mol. The molecule has 2 aromatic rings. The van der Waals surface area contributed by atoms with E-state index < -0.39 is 46.4 Å². The number of halogens is 3. The molecule has 8 heteroatoms. The molecule has 0 spiro atoms. The average molecular weight is 405 g/mol. The van der Waals surface area contributed by atoms with Gasteiger partial charge in [0.15, 0.2) is 17.5 Å². The summed E-state index contributed by atoms with van der Waals surface area (Å²) in [5.74, 6) is -5.25. The topological polar surface area (TPSA) is 75.6 Å². The molecule has 29 heavy (non-hydrogen) atoms. The summed E-state index contributed by atoms with van der Waals surface area (Å²) >= 11 is 0. The first-order chi connectivity index (χ1) is 13.8. The molecule has 0 radical (unpaired) electrons. The van der Waals surface area contributed by atoms with Gasteiger partial charge >= 0.3 is 12.1 Å². The van der Waals surface area contributed by atoms with E-state index in [1.807, 2.05) is 6.07 Å². The molecule has 3 saturated carbocycles. The van der Waals surface area contributed by atoms with Crippen LogP contribution in [-0.2, 0) is 21.6 Å². The van der Waals surface area contributed by atoms with E-state index in [1.165, 1.54) is 6.07 Å². The van der Waals surface area contributed by atoms with Crippen LogP contribution in [0.25, 0.3) is 0 Å². The number of hydrogen-bond donors (Lipinski definition) is 2. The Morgan fingerprint density at radius 3 is 2.31 bits per heavy atom. The van der Waals surface area contributed by atoms with Gasteiger partial charge in [-0.3, -0.25) is 0 Å². The van der Waals surface area contributed by atoms with Crippen molar-refractivity contribution in [2.24, 2.45) is 5.41 Å². The number of ether oxygens (including phenoxy) is 1. The van der Waals surface area contributed by atoms with Crippen LogP contribution >= 0.6 is 0 Å². The summed E-state index contributed by atoms with van der Waals surface area (Å²) in [6, 6.07) is 9.79. The fourth-order valence-electron chi connectivity index (χ4n) is 4.75. The van der Waals surface area contributed by atoms with E-state index in [4.69, 9.17) is 4.74 Å². The summed E-state index contributed by atoms with van der Waals surface area (Å²) in [7, 11) is 0. The largest absolute Gasteiger partial charge is 0.480 e. The highest BCUT2D eigenvalue weighted by atomic mass is 19.2. The Balaban J connectivity index is 1.41. The smallest absolute Gasteiger partial charge is 0.408 e. The Bertz CT molecular complexity index is 960. The summed E-state index contributed by atoms with van der Waals surface area (Å²) in [6.45, 7) is -0.00395. The van der Waals surface area contributed by atoms with Crippen molar-refractivity contribution < 1.29 is 32.6 Å². The lowest BCUT2D eigenvalue weighted by Crippen LogP contribution is -2.73. The standard InChI is InChI=1S/C21H18F3NO4/c22-14-7-6-13(15(23)16(14)24)20-9-21(10-20,11-20)17(18(26)27)25-19(28)29-8-12-4-2-1-3-5-12/h1-7,17H,8-11H2,(H,25,28)(H,26,27). The summed E-state index contributed by atoms with van der Waals surface area (Å²) in [6.07, 6.45) is -0.0765. The van der Waals surface area contributed by atoms with Crippen molar-refractivity contribution >= 4 is 12.1 Å². The molecule has 0 aliphatic heterocycles. The van der Waals surface area contributed by atoms with E-state index >= 15 is 0 Å². The van der Waals surface area contributed by atoms with Crippen LogP contribution in [0.15, 0.2) is 42.5 Å². The molecule has 0 saturated heterocycles. The van der Waals surface area contributed by atoms with E-state index in [1.54, 1.807) is 24.3 Å². The number of carbonyl (C=O) groups is 2. The van der Waals surface area contributed by atoms with Crippen molar-refractivity contribution in [1.29, 1.82) is 0 Å². The Labute approximate surface area is 164 Å². The Kier molecular flexibility index (Phi) is 4.52. The second-order valence-electron chi connectivity index (χ2n) is 7.87. The SMILES string of the molecule is O=C(NC(C(=O)O)C12CC(c3ccc(F)c(F)c3F)(C1)C2)OCc1ccccc1. The number of carboxylic acid groups (broad SMARTS) is 1. The minimum absolute atomic E-state index is 0.00395. The molecule has 0 aromatic heterocycles. The molecule has 3 aliphatic rings. The number of alkyl carbamates (subject to hydrolysis) is 1. The van der Waals surface area contributed by atoms with Crippen LogP contribution in [0.4, 0.5) is 18.0 Å². The molecule has 3 aliphatic carbocycles. The first-order valence-electron chi connectivity index (χ1n) is 9.10. The van der Waals surface area contributed by atoms with Crippen molar-refractivity contribution in [1.82, 2.24) is 5.32 Å². The second-order valence-corrected chi connectivity index (χ2v) is 7.87. The highest BCUT2D eigenvalue weighted by molar-refractivity contribution is 5.82. The van der Waals surface area contributed by atoms with Crippen molar-refractivity contribution in [3.63, 3.8) is 0 Å². The number of amides is 1. The van der Waals surface area contributed by atoms with E-state index in [0.29, 0.717) is 0 Å². The first kappa shape index (κ1) is 19.3. The maximum atomic E-state index is 14.1. The third-order valence-corrected chi connectivity index (χ3v) is 6.01. The molecule has 2 aromatic carbocycles. The van der Waals surface area contributed by atoms with Crippen LogP contribution in [0.5, 0.6) is 0 Å². The van der Waals surface area contributed by atoms with Crippen LogP contribution in [-0.4, -0.2) is 23.2 Å². The number of nitrogens with one attached hydrogen (secondary N) is 1. The van der Waals surface area contributed by atoms with E-state index in [9.17, 15) is 27.9 Å². The average Bonchev–Trinajstić information content (AvgIpc) is 2.64. The van der Waals surface area contributed by atoms with Gasteiger partial charge in [-0.15, -0.1) is 0 Å². The molecule has 5 nitrogen and oxygen atoms in total. The summed E-state index contributed by atoms with van der Waals surface area (Å²) in [5, 5.41) is 12.0. The van der Waals surface area contributed by atoms with Gasteiger partial charge in [-0.05, 0) is 36.5 Å². The normalized spacial score (nSPS) is 25.3. The predicted octanol–water partition coefficient (Wildman–Crippen LogP) is 3.91.